The molecular weight excluding hydrogens is 484 g/mol. The predicted octanol–water partition coefficient (Wildman–Crippen LogP) is 1.13. The molecule has 4 atom stereocenters. The molecule has 0 saturated carbocycles. The van der Waals surface area contributed by atoms with Gasteiger partial charge in [0.15, 0.2) is 0 Å². The first-order chi connectivity index (χ1) is 18.3. The van der Waals surface area contributed by atoms with Crippen LogP contribution in [0.4, 0.5) is 4.79 Å². The Bertz CT molecular complexity index is 1110. The summed E-state index contributed by atoms with van der Waals surface area (Å²) in [4.78, 5) is 55.4. The number of hydrogen-bond donors (Lipinski definition) is 4. The van der Waals surface area contributed by atoms with Crippen molar-refractivity contribution in [2.45, 2.75) is 56.4 Å². The zero-order chi connectivity index (χ0) is 27.2. The number of urea groups is 1. The van der Waals surface area contributed by atoms with Crippen molar-refractivity contribution in [2.24, 2.45) is 5.73 Å². The van der Waals surface area contributed by atoms with Gasteiger partial charge in [0.05, 0.1) is 18.6 Å². The van der Waals surface area contributed by atoms with E-state index < -0.39 is 24.2 Å². The van der Waals surface area contributed by atoms with Crippen molar-refractivity contribution in [1.29, 1.82) is 0 Å². The van der Waals surface area contributed by atoms with Crippen LogP contribution >= 0.6 is 0 Å². The zero-order valence-corrected chi connectivity index (χ0v) is 21.8. The van der Waals surface area contributed by atoms with Crippen molar-refractivity contribution in [3.8, 4) is 0 Å². The molecule has 5 N–H and O–H groups in total. The van der Waals surface area contributed by atoms with Gasteiger partial charge in [-0.1, -0.05) is 60.7 Å². The number of primary amides is 1. The van der Waals surface area contributed by atoms with Crippen LogP contribution in [0.15, 0.2) is 60.7 Å². The highest BCUT2D eigenvalue weighted by atomic mass is 16.2. The second-order valence-corrected chi connectivity index (χ2v) is 9.90. The molecule has 2 aromatic rings. The second kappa shape index (κ2) is 12.1. The molecule has 0 aliphatic carbocycles. The molecule has 202 valence electrons. The van der Waals surface area contributed by atoms with E-state index in [-0.39, 0.29) is 36.3 Å². The Morgan fingerprint density at radius 1 is 0.947 bits per heavy atom. The van der Waals surface area contributed by atoms with E-state index in [0.29, 0.717) is 25.8 Å². The van der Waals surface area contributed by atoms with Crippen LogP contribution in [-0.2, 0) is 14.4 Å². The standard InChI is InChI=1S/C28H36N6O4/c1-18(30-2)25(35)31-22-17-33(28(29)38)16-15-21-13-14-23(34(21)27(22)37)26(36)32-24(19-9-5-3-6-10-19)20-11-7-4-8-12-20/h3-12,18,21-24,30H,13-17H2,1-2H3,(H2,29,38)(H,31,35)(H,32,36)/t18-,21+,22-,23-/m0/s1. The van der Waals surface area contributed by atoms with Crippen LogP contribution in [0.3, 0.4) is 0 Å². The van der Waals surface area contributed by atoms with Gasteiger partial charge in [0.25, 0.3) is 0 Å². The number of nitrogens with one attached hydrogen (secondary N) is 3. The molecule has 2 fully saturated rings. The molecule has 2 aliphatic rings. The van der Waals surface area contributed by atoms with E-state index in [1.165, 1.54) is 4.90 Å². The molecule has 0 spiro atoms. The highest BCUT2D eigenvalue weighted by Gasteiger charge is 2.45. The third kappa shape index (κ3) is 5.96. The van der Waals surface area contributed by atoms with Crippen LogP contribution in [0.2, 0.25) is 0 Å². The van der Waals surface area contributed by atoms with Crippen LogP contribution in [0, 0.1) is 0 Å². The summed E-state index contributed by atoms with van der Waals surface area (Å²) < 4.78 is 0. The van der Waals surface area contributed by atoms with Gasteiger partial charge in [-0.2, -0.15) is 0 Å². The summed E-state index contributed by atoms with van der Waals surface area (Å²) in [7, 11) is 1.65. The van der Waals surface area contributed by atoms with Crippen molar-refractivity contribution in [2.75, 3.05) is 20.1 Å². The topological polar surface area (TPSA) is 137 Å². The SMILES string of the molecule is CN[C@@H](C)C(=O)N[C@H]1CN(C(N)=O)CC[C@H]2CC[C@@H](C(=O)NC(c3ccccc3)c3ccccc3)N2C1=O. The van der Waals surface area contributed by atoms with Gasteiger partial charge in [-0.3, -0.25) is 14.4 Å². The second-order valence-electron chi connectivity index (χ2n) is 9.90. The van der Waals surface area contributed by atoms with E-state index in [1.54, 1.807) is 18.9 Å². The third-order valence-electron chi connectivity index (χ3n) is 7.50. The summed E-state index contributed by atoms with van der Waals surface area (Å²) in [5.41, 5.74) is 7.43. The molecule has 0 aromatic heterocycles. The Kier molecular flexibility index (Phi) is 8.62. The average molecular weight is 521 g/mol. The maximum Gasteiger partial charge on any atom is 0.314 e. The van der Waals surface area contributed by atoms with Gasteiger partial charge in [0, 0.05) is 12.6 Å². The maximum absolute atomic E-state index is 13.9. The Labute approximate surface area is 222 Å². The molecule has 2 heterocycles. The molecular formula is C28H36N6O4. The van der Waals surface area contributed by atoms with Crippen molar-refractivity contribution in [1.82, 2.24) is 25.8 Å². The minimum atomic E-state index is -1.01. The van der Waals surface area contributed by atoms with E-state index in [1.807, 2.05) is 60.7 Å². The van der Waals surface area contributed by atoms with E-state index in [2.05, 4.69) is 16.0 Å². The van der Waals surface area contributed by atoms with Crippen molar-refractivity contribution < 1.29 is 19.2 Å². The van der Waals surface area contributed by atoms with Gasteiger partial charge >= 0.3 is 6.03 Å². The minimum absolute atomic E-state index is 0.0510. The quantitative estimate of drug-likeness (QED) is 0.434. The summed E-state index contributed by atoms with van der Waals surface area (Å²) in [6.07, 6.45) is 1.61. The number of carbonyl (C=O) groups excluding carboxylic acids is 4. The zero-order valence-electron chi connectivity index (χ0n) is 21.8. The van der Waals surface area contributed by atoms with E-state index in [9.17, 15) is 19.2 Å². The normalized spacial score (nSPS) is 22.3. The van der Waals surface area contributed by atoms with Gasteiger partial charge < -0.3 is 31.5 Å². The van der Waals surface area contributed by atoms with Crippen molar-refractivity contribution >= 4 is 23.8 Å². The highest BCUT2D eigenvalue weighted by molar-refractivity contribution is 5.94. The number of nitrogens with zero attached hydrogens (tertiary/aromatic N) is 2. The number of rotatable bonds is 7. The van der Waals surface area contributed by atoms with Gasteiger partial charge in [-0.15, -0.1) is 0 Å². The first kappa shape index (κ1) is 27.1. The Morgan fingerprint density at radius 3 is 2.11 bits per heavy atom. The number of benzene rings is 2. The van der Waals surface area contributed by atoms with E-state index in [0.717, 1.165) is 11.1 Å². The van der Waals surface area contributed by atoms with Crippen LogP contribution in [-0.4, -0.2) is 77.9 Å². The minimum Gasteiger partial charge on any atom is -0.351 e. The molecule has 38 heavy (non-hydrogen) atoms. The number of fused-ring (bicyclic) bond motifs is 1. The first-order valence-electron chi connectivity index (χ1n) is 13.0. The number of amides is 5. The summed E-state index contributed by atoms with van der Waals surface area (Å²) in [5.74, 6) is -1.01. The van der Waals surface area contributed by atoms with Crippen LogP contribution in [0.25, 0.3) is 0 Å². The van der Waals surface area contributed by atoms with Crippen LogP contribution < -0.4 is 21.7 Å². The first-order valence-corrected chi connectivity index (χ1v) is 13.0. The van der Waals surface area contributed by atoms with Gasteiger partial charge in [0.2, 0.25) is 17.7 Å². The number of likely N-dealkylation sites (N-methyl/N-ethyl adjacent to an activating group) is 1. The Balaban J connectivity index is 1.60. The van der Waals surface area contributed by atoms with Crippen LogP contribution in [0.5, 0.6) is 0 Å². The predicted molar refractivity (Wildman–Crippen MR) is 143 cm³/mol. The number of hydrogen-bond acceptors (Lipinski definition) is 5. The summed E-state index contributed by atoms with van der Waals surface area (Å²) in [5, 5.41) is 8.79. The molecule has 2 saturated heterocycles. The largest absolute Gasteiger partial charge is 0.351 e. The third-order valence-corrected chi connectivity index (χ3v) is 7.50. The van der Waals surface area contributed by atoms with Crippen molar-refractivity contribution in [3.63, 3.8) is 0 Å². The van der Waals surface area contributed by atoms with E-state index in [4.69, 9.17) is 5.73 Å². The van der Waals surface area contributed by atoms with Gasteiger partial charge in [0.1, 0.15) is 12.1 Å². The molecule has 2 aliphatic heterocycles. The highest BCUT2D eigenvalue weighted by Crippen LogP contribution is 2.31. The smallest absolute Gasteiger partial charge is 0.314 e. The lowest BCUT2D eigenvalue weighted by atomic mass is 9.98. The molecule has 0 unspecified atom stereocenters. The van der Waals surface area contributed by atoms with Crippen LogP contribution in [0.1, 0.15) is 43.4 Å². The fourth-order valence-corrected chi connectivity index (χ4v) is 5.26. The lowest BCUT2D eigenvalue weighted by molar-refractivity contribution is -0.144. The molecule has 10 heteroatoms. The number of carbonyl (C=O) groups is 4. The summed E-state index contributed by atoms with van der Waals surface area (Å²) in [6, 6.07) is 15.9. The van der Waals surface area contributed by atoms with E-state index >= 15 is 0 Å². The summed E-state index contributed by atoms with van der Waals surface area (Å²) >= 11 is 0. The molecule has 2 aromatic carbocycles. The molecule has 0 bridgehead atoms. The maximum atomic E-state index is 13.9. The Morgan fingerprint density at radius 2 is 1.55 bits per heavy atom. The Hall–Kier alpha value is -3.92. The average Bonchev–Trinajstić information content (AvgIpc) is 3.35. The molecule has 4 rings (SSSR count). The fraction of sp³-hybridized carbons (Fsp3) is 0.429. The van der Waals surface area contributed by atoms with Gasteiger partial charge in [-0.05, 0) is 44.4 Å². The molecule has 5 amide bonds. The number of nitrogens with two attached hydrogens (primary N) is 1. The lowest BCUT2D eigenvalue weighted by Gasteiger charge is -2.38. The molecule has 10 nitrogen and oxygen atoms in total. The lowest BCUT2D eigenvalue weighted by Crippen LogP contribution is -2.62. The monoisotopic (exact) mass is 520 g/mol. The molecule has 0 radical (unpaired) electrons. The fourth-order valence-electron chi connectivity index (χ4n) is 5.26. The van der Waals surface area contributed by atoms with Crippen molar-refractivity contribution in [3.05, 3.63) is 71.8 Å². The summed E-state index contributed by atoms with van der Waals surface area (Å²) in [6.45, 7) is 1.96. The van der Waals surface area contributed by atoms with Gasteiger partial charge in [-0.25, -0.2) is 4.79 Å².